The zero-order valence-electron chi connectivity index (χ0n) is 10.6. The molecule has 0 spiro atoms. The van der Waals surface area contributed by atoms with Crippen LogP contribution in [0.5, 0.6) is 11.6 Å². The summed E-state index contributed by atoms with van der Waals surface area (Å²) >= 11 is 0. The first kappa shape index (κ1) is 12.6. The van der Waals surface area contributed by atoms with Crippen LogP contribution in [-0.2, 0) is 0 Å². The second kappa shape index (κ2) is 5.63. The number of hydrogen-bond acceptors (Lipinski definition) is 2. The molecule has 0 radical (unpaired) electrons. The molecule has 94 valence electrons. The van der Waals surface area contributed by atoms with Crippen molar-refractivity contribution in [2.75, 3.05) is 0 Å². The molecule has 1 unspecified atom stereocenters. The maximum atomic E-state index is 13.0. The fourth-order valence-corrected chi connectivity index (χ4v) is 1.76. The van der Waals surface area contributed by atoms with E-state index in [1.54, 1.807) is 12.1 Å². The second-order valence-corrected chi connectivity index (χ2v) is 4.25. The van der Waals surface area contributed by atoms with E-state index in [0.29, 0.717) is 5.92 Å². The largest absolute Gasteiger partial charge is 0.439 e. The summed E-state index contributed by atoms with van der Waals surface area (Å²) in [6.07, 6.45) is 1.02. The van der Waals surface area contributed by atoms with Crippen molar-refractivity contribution in [3.63, 3.8) is 0 Å². The molecule has 3 heteroatoms. The molecule has 0 fully saturated rings. The lowest BCUT2D eigenvalue weighted by Crippen LogP contribution is -1.97. The molecule has 0 amide bonds. The van der Waals surface area contributed by atoms with E-state index in [9.17, 15) is 4.39 Å². The summed E-state index contributed by atoms with van der Waals surface area (Å²) in [5.41, 5.74) is 1.12. The third-order valence-electron chi connectivity index (χ3n) is 2.97. The number of nitrogens with zero attached hydrogens (tertiary/aromatic N) is 1. The molecule has 18 heavy (non-hydrogen) atoms. The molecule has 2 aromatic rings. The highest BCUT2D eigenvalue weighted by atomic mass is 19.1. The second-order valence-electron chi connectivity index (χ2n) is 4.25. The van der Waals surface area contributed by atoms with Crippen LogP contribution in [-0.4, -0.2) is 4.98 Å². The third-order valence-corrected chi connectivity index (χ3v) is 2.97. The SMILES string of the molecule is CCC(C)c1ccccc1Oc1cccc(F)n1. The summed E-state index contributed by atoms with van der Waals surface area (Å²) in [4.78, 5) is 3.71. The fraction of sp³-hybridized carbons (Fsp3) is 0.267. The van der Waals surface area contributed by atoms with E-state index in [1.807, 2.05) is 24.3 Å². The molecule has 0 saturated carbocycles. The average molecular weight is 245 g/mol. The molecule has 2 nitrogen and oxygen atoms in total. The Balaban J connectivity index is 2.29. The summed E-state index contributed by atoms with van der Waals surface area (Å²) in [6.45, 7) is 4.27. The molecule has 0 aliphatic rings. The molecular weight excluding hydrogens is 229 g/mol. The van der Waals surface area contributed by atoms with Gasteiger partial charge in [-0.15, -0.1) is 0 Å². The van der Waals surface area contributed by atoms with Crippen LogP contribution >= 0.6 is 0 Å². The Morgan fingerprint density at radius 3 is 2.67 bits per heavy atom. The van der Waals surface area contributed by atoms with Crippen molar-refractivity contribution in [2.45, 2.75) is 26.2 Å². The van der Waals surface area contributed by atoms with Gasteiger partial charge >= 0.3 is 0 Å². The van der Waals surface area contributed by atoms with Crippen molar-refractivity contribution >= 4 is 0 Å². The normalized spacial score (nSPS) is 12.2. The Bertz CT molecular complexity index is 527. The van der Waals surface area contributed by atoms with Crippen molar-refractivity contribution in [1.29, 1.82) is 0 Å². The Morgan fingerprint density at radius 1 is 1.17 bits per heavy atom. The van der Waals surface area contributed by atoms with E-state index < -0.39 is 5.95 Å². The van der Waals surface area contributed by atoms with E-state index >= 15 is 0 Å². The van der Waals surface area contributed by atoms with Crippen molar-refractivity contribution < 1.29 is 9.13 Å². The monoisotopic (exact) mass is 245 g/mol. The quantitative estimate of drug-likeness (QED) is 0.738. The minimum absolute atomic E-state index is 0.283. The molecule has 0 aliphatic carbocycles. The summed E-state index contributed by atoms with van der Waals surface area (Å²) < 4.78 is 18.7. The van der Waals surface area contributed by atoms with Gasteiger partial charge in [-0.3, -0.25) is 0 Å². The van der Waals surface area contributed by atoms with Crippen LogP contribution in [0.1, 0.15) is 31.7 Å². The third kappa shape index (κ3) is 2.86. The summed E-state index contributed by atoms with van der Waals surface area (Å²) in [5.74, 6) is 0.888. The lowest BCUT2D eigenvalue weighted by molar-refractivity contribution is 0.436. The number of hydrogen-bond donors (Lipinski definition) is 0. The molecule has 1 atom stereocenters. The lowest BCUT2D eigenvalue weighted by atomic mass is 9.98. The molecule has 1 heterocycles. The van der Waals surface area contributed by atoms with Gasteiger partial charge in [-0.2, -0.15) is 9.37 Å². The Labute approximate surface area is 106 Å². The van der Waals surface area contributed by atoms with Crippen LogP contribution in [0.25, 0.3) is 0 Å². The van der Waals surface area contributed by atoms with Crippen molar-refractivity contribution in [3.8, 4) is 11.6 Å². The van der Waals surface area contributed by atoms with E-state index in [0.717, 1.165) is 17.7 Å². The maximum absolute atomic E-state index is 13.0. The van der Waals surface area contributed by atoms with Crippen LogP contribution in [0, 0.1) is 5.95 Å². The Kier molecular flexibility index (Phi) is 3.92. The van der Waals surface area contributed by atoms with Gasteiger partial charge in [-0.25, -0.2) is 0 Å². The highest BCUT2D eigenvalue weighted by Gasteiger charge is 2.10. The van der Waals surface area contributed by atoms with E-state index in [2.05, 4.69) is 18.8 Å². The highest BCUT2D eigenvalue weighted by Crippen LogP contribution is 2.31. The van der Waals surface area contributed by atoms with Gasteiger partial charge in [0.05, 0.1) is 0 Å². The van der Waals surface area contributed by atoms with E-state index in [-0.39, 0.29) is 5.88 Å². The maximum Gasteiger partial charge on any atom is 0.221 e. The van der Waals surface area contributed by atoms with Crippen LogP contribution in [0.4, 0.5) is 4.39 Å². The molecule has 2 rings (SSSR count). The molecule has 0 bridgehead atoms. The number of pyridine rings is 1. The van der Waals surface area contributed by atoms with Crippen LogP contribution in [0.2, 0.25) is 0 Å². The minimum Gasteiger partial charge on any atom is -0.439 e. The molecule has 0 N–H and O–H groups in total. The fourth-order valence-electron chi connectivity index (χ4n) is 1.76. The number of benzene rings is 1. The smallest absolute Gasteiger partial charge is 0.221 e. The van der Waals surface area contributed by atoms with Gasteiger partial charge < -0.3 is 4.74 Å². The van der Waals surface area contributed by atoms with Gasteiger partial charge in [0.25, 0.3) is 0 Å². The van der Waals surface area contributed by atoms with Gasteiger partial charge in [0.2, 0.25) is 11.8 Å². The van der Waals surface area contributed by atoms with E-state index in [1.165, 1.54) is 6.07 Å². The predicted molar refractivity (Wildman–Crippen MR) is 69.4 cm³/mol. The molecule has 0 aliphatic heterocycles. The summed E-state index contributed by atoms with van der Waals surface area (Å²) in [7, 11) is 0. The van der Waals surface area contributed by atoms with Gasteiger partial charge in [0, 0.05) is 6.07 Å². The zero-order valence-corrected chi connectivity index (χ0v) is 10.6. The summed E-state index contributed by atoms with van der Waals surface area (Å²) in [5, 5.41) is 0. The first-order valence-electron chi connectivity index (χ1n) is 6.10. The predicted octanol–water partition coefficient (Wildman–Crippen LogP) is 4.53. The van der Waals surface area contributed by atoms with Crippen LogP contribution in [0.15, 0.2) is 42.5 Å². The zero-order chi connectivity index (χ0) is 13.0. The number of aromatic nitrogens is 1. The van der Waals surface area contributed by atoms with Gasteiger partial charge in [0.15, 0.2) is 0 Å². The first-order chi connectivity index (χ1) is 8.70. The summed E-state index contributed by atoms with van der Waals surface area (Å²) in [6, 6.07) is 12.3. The van der Waals surface area contributed by atoms with Gasteiger partial charge in [-0.1, -0.05) is 38.1 Å². The molecule has 1 aromatic carbocycles. The lowest BCUT2D eigenvalue weighted by Gasteiger charge is -2.14. The Hall–Kier alpha value is -1.90. The first-order valence-corrected chi connectivity index (χ1v) is 6.10. The van der Waals surface area contributed by atoms with Crippen molar-refractivity contribution in [2.24, 2.45) is 0 Å². The van der Waals surface area contributed by atoms with Gasteiger partial charge in [0.1, 0.15) is 5.75 Å². The van der Waals surface area contributed by atoms with E-state index in [4.69, 9.17) is 4.74 Å². The molecule has 0 saturated heterocycles. The van der Waals surface area contributed by atoms with Crippen molar-refractivity contribution in [3.05, 3.63) is 54.0 Å². The van der Waals surface area contributed by atoms with Crippen molar-refractivity contribution in [1.82, 2.24) is 4.98 Å². The standard InChI is InChI=1S/C15H16FNO/c1-3-11(2)12-7-4-5-8-13(12)18-15-10-6-9-14(16)17-15/h4-11H,3H2,1-2H3. The number of rotatable bonds is 4. The average Bonchev–Trinajstić information content (AvgIpc) is 2.38. The van der Waals surface area contributed by atoms with Gasteiger partial charge in [-0.05, 0) is 30.0 Å². The highest BCUT2D eigenvalue weighted by molar-refractivity contribution is 5.38. The molecular formula is C15H16FNO. The number of para-hydroxylation sites is 1. The van der Waals surface area contributed by atoms with Crippen LogP contribution in [0.3, 0.4) is 0 Å². The Morgan fingerprint density at radius 2 is 1.94 bits per heavy atom. The minimum atomic E-state index is -0.534. The number of halogens is 1. The molecule has 1 aromatic heterocycles. The topological polar surface area (TPSA) is 22.1 Å². The van der Waals surface area contributed by atoms with Crippen LogP contribution < -0.4 is 4.74 Å². The number of ether oxygens (including phenoxy) is 1.